The fourth-order valence-electron chi connectivity index (χ4n) is 9.27. The minimum Gasteiger partial charge on any atom is -0.493 e. The van der Waals surface area contributed by atoms with Crippen molar-refractivity contribution >= 4 is 76.5 Å². The second-order valence-corrected chi connectivity index (χ2v) is 18.9. The van der Waals surface area contributed by atoms with Gasteiger partial charge in [0, 0.05) is 78.4 Å². The molecule has 0 aromatic heterocycles. The van der Waals surface area contributed by atoms with Crippen LogP contribution in [0.25, 0.3) is 0 Å². The molecule has 0 spiro atoms. The molecule has 4 amide bonds. The summed E-state index contributed by atoms with van der Waals surface area (Å²) >= 11 is 1.63. The van der Waals surface area contributed by atoms with Gasteiger partial charge in [0.25, 0.3) is 23.6 Å². The number of hydrogen-bond donors (Lipinski definition) is 0. The highest BCUT2D eigenvalue weighted by Gasteiger charge is 2.38. The average molecular weight is 964 g/mol. The Hall–Kier alpha value is -7.50. The number of hydroxylamine groups is 2. The topological polar surface area (TPSA) is 175 Å². The van der Waals surface area contributed by atoms with Gasteiger partial charge in [-0.15, -0.1) is 16.8 Å². The Morgan fingerprint density at radius 1 is 0.671 bits per heavy atom. The van der Waals surface area contributed by atoms with Crippen LogP contribution < -0.4 is 28.7 Å². The first-order valence-electron chi connectivity index (χ1n) is 23.1. The van der Waals surface area contributed by atoms with Crippen molar-refractivity contribution in [1.82, 2.24) is 5.06 Å². The van der Waals surface area contributed by atoms with E-state index >= 15 is 0 Å². The van der Waals surface area contributed by atoms with E-state index in [-0.39, 0.29) is 68.2 Å². The van der Waals surface area contributed by atoms with Crippen molar-refractivity contribution in [3.8, 4) is 23.0 Å². The van der Waals surface area contributed by atoms with Gasteiger partial charge in [0.05, 0.1) is 61.8 Å². The number of carbonyl (C=O) groups excluding carboxylic acids is 5. The highest BCUT2D eigenvalue weighted by molar-refractivity contribution is 8.00. The number of imide groups is 1. The molecule has 5 aromatic rings. The lowest BCUT2D eigenvalue weighted by atomic mass is 10.1. The zero-order chi connectivity index (χ0) is 48.5. The molecule has 5 heterocycles. The van der Waals surface area contributed by atoms with Crippen molar-refractivity contribution in [2.45, 2.75) is 80.9 Å². The first-order chi connectivity index (χ1) is 34.0. The minimum absolute atomic E-state index is 0.0262. The van der Waals surface area contributed by atoms with E-state index in [1.165, 1.54) is 14.2 Å². The van der Waals surface area contributed by atoms with Gasteiger partial charge in [0.2, 0.25) is 0 Å². The fourth-order valence-corrected chi connectivity index (χ4v) is 10.4. The van der Waals surface area contributed by atoms with Gasteiger partial charge in [0.1, 0.15) is 13.2 Å². The van der Waals surface area contributed by atoms with Crippen LogP contribution >= 0.6 is 11.8 Å². The third-order valence-electron chi connectivity index (χ3n) is 12.7. The van der Waals surface area contributed by atoms with E-state index in [2.05, 4.69) is 6.92 Å². The Morgan fingerprint density at radius 3 is 1.70 bits per heavy atom. The van der Waals surface area contributed by atoms with Crippen LogP contribution in [-0.4, -0.2) is 91.9 Å². The van der Waals surface area contributed by atoms with Crippen molar-refractivity contribution < 1.29 is 52.5 Å². The second kappa shape index (κ2) is 19.8. The lowest BCUT2D eigenvalue weighted by Gasteiger charge is -2.22. The average Bonchev–Trinajstić information content (AvgIpc) is 3.98. The van der Waals surface area contributed by atoms with Crippen LogP contribution in [-0.2, 0) is 50.0 Å². The molecule has 0 N–H and O–H groups in total. The third kappa shape index (κ3) is 9.33. The summed E-state index contributed by atoms with van der Waals surface area (Å²) in [5, 5.41) is 0.604. The molecule has 0 bridgehead atoms. The number of nitrogens with zero attached hydrogens (tertiary/aromatic N) is 5. The number of rotatable bonds is 17. The molecule has 16 nitrogen and oxygen atoms in total. The van der Waals surface area contributed by atoms with Gasteiger partial charge in [-0.25, -0.2) is 4.79 Å². The molecule has 0 aliphatic carbocycles. The van der Waals surface area contributed by atoms with Crippen LogP contribution in [0, 0.1) is 0 Å². The largest absolute Gasteiger partial charge is 0.493 e. The summed E-state index contributed by atoms with van der Waals surface area (Å²) in [5.74, 6) is -0.467. The molecule has 5 aliphatic heterocycles. The van der Waals surface area contributed by atoms with Crippen molar-refractivity contribution in [2.75, 3.05) is 37.2 Å². The third-order valence-corrected chi connectivity index (χ3v) is 13.9. The second-order valence-electron chi connectivity index (χ2n) is 17.4. The predicted octanol–water partition coefficient (Wildman–Crippen LogP) is 8.32. The summed E-state index contributed by atoms with van der Waals surface area (Å²) < 4.78 is 30.3. The first kappa shape index (κ1) is 46.2. The Balaban J connectivity index is 0.855. The number of fused-ring (bicyclic) bond motifs is 8. The number of ether oxygens (including phenoxy) is 5. The Labute approximate surface area is 408 Å². The lowest BCUT2D eigenvalue weighted by molar-refractivity contribution is -0.198. The van der Waals surface area contributed by atoms with Gasteiger partial charge in [0.15, 0.2) is 23.0 Å². The summed E-state index contributed by atoms with van der Waals surface area (Å²) in [5.41, 5.74) is 7.42. The number of para-hydroxylation sites is 2. The molecular formula is C53H49N5O11S. The molecule has 0 radical (unpaired) electrons. The summed E-state index contributed by atoms with van der Waals surface area (Å²) in [4.78, 5) is 83.0. The summed E-state index contributed by atoms with van der Waals surface area (Å²) in [6.07, 6.45) is 5.58. The van der Waals surface area contributed by atoms with Crippen molar-refractivity contribution in [3.63, 3.8) is 0 Å². The monoisotopic (exact) mass is 963 g/mol. The predicted molar refractivity (Wildman–Crippen MR) is 261 cm³/mol. The minimum atomic E-state index is -0.716. The number of amides is 4. The van der Waals surface area contributed by atoms with E-state index in [4.69, 9.17) is 38.5 Å². The summed E-state index contributed by atoms with van der Waals surface area (Å²) in [6, 6.07) is 28.3. The number of methoxy groups -OCH3 is 2. The maximum atomic E-state index is 14.0. The van der Waals surface area contributed by atoms with Gasteiger partial charge in [-0.3, -0.25) is 39.0 Å². The SMILES string of the molecule is COc1cc2c(cc1OCc1cc(COc3cc4c(cc3OC)C(=O)N3c5ccccc5C[C@H]3C=N4)cc(SC(C)CCOCCC(=O)ON3C(=O)CCC3=O)c1)N=CC1Cc3ccccc3N1C2=O. The van der Waals surface area contributed by atoms with Crippen LogP contribution in [0.5, 0.6) is 23.0 Å². The van der Waals surface area contributed by atoms with E-state index in [0.29, 0.717) is 76.4 Å². The van der Waals surface area contributed by atoms with Gasteiger partial charge < -0.3 is 28.5 Å². The van der Waals surface area contributed by atoms with Crippen LogP contribution in [0.15, 0.2) is 106 Å². The zero-order valence-electron chi connectivity index (χ0n) is 38.8. The molecule has 1 saturated heterocycles. The maximum Gasteiger partial charge on any atom is 0.335 e. The van der Waals surface area contributed by atoms with E-state index in [9.17, 15) is 24.0 Å². The number of carbonyl (C=O) groups is 5. The summed E-state index contributed by atoms with van der Waals surface area (Å²) in [6.45, 7) is 2.77. The Kier molecular flexibility index (Phi) is 13.1. The maximum absolute atomic E-state index is 14.0. The van der Waals surface area contributed by atoms with Gasteiger partial charge >= 0.3 is 5.97 Å². The molecule has 0 saturated carbocycles. The smallest absolute Gasteiger partial charge is 0.335 e. The van der Waals surface area contributed by atoms with Crippen molar-refractivity contribution in [2.24, 2.45) is 9.98 Å². The Morgan fingerprint density at radius 2 is 1.19 bits per heavy atom. The molecule has 5 aromatic carbocycles. The number of thioether (sulfide) groups is 1. The van der Waals surface area contributed by atoms with Gasteiger partial charge in [-0.1, -0.05) is 43.3 Å². The molecule has 10 rings (SSSR count). The lowest BCUT2D eigenvalue weighted by Crippen LogP contribution is -2.37. The molecule has 358 valence electrons. The molecule has 2 unspecified atom stereocenters. The van der Waals surface area contributed by atoms with Gasteiger partial charge in [-0.05, 0) is 71.1 Å². The number of benzene rings is 5. The van der Waals surface area contributed by atoms with Gasteiger partial charge in [-0.2, -0.15) is 0 Å². The molecule has 17 heteroatoms. The van der Waals surface area contributed by atoms with E-state index in [0.717, 1.165) is 38.5 Å². The molecule has 70 heavy (non-hydrogen) atoms. The fraction of sp³-hybridized carbons (Fsp3) is 0.302. The Bertz CT molecular complexity index is 2820. The van der Waals surface area contributed by atoms with Crippen molar-refractivity contribution in [3.05, 3.63) is 124 Å². The number of hydrogen-bond acceptors (Lipinski definition) is 14. The molecular weight excluding hydrogens is 915 g/mol. The quantitative estimate of drug-likeness (QED) is 0.0496. The van der Waals surface area contributed by atoms with Crippen LogP contribution in [0.2, 0.25) is 0 Å². The van der Waals surface area contributed by atoms with Crippen LogP contribution in [0.3, 0.4) is 0 Å². The normalized spacial score (nSPS) is 17.8. The molecule has 1 fully saturated rings. The number of anilines is 2. The number of aliphatic imine (C=N–C) groups is 2. The highest BCUT2D eigenvalue weighted by Crippen LogP contribution is 2.43. The zero-order valence-corrected chi connectivity index (χ0v) is 39.6. The van der Waals surface area contributed by atoms with E-state index in [1.54, 1.807) is 45.8 Å². The molecule has 3 atom stereocenters. The van der Waals surface area contributed by atoms with Crippen LogP contribution in [0.4, 0.5) is 22.7 Å². The first-order valence-corrected chi connectivity index (χ1v) is 24.0. The van der Waals surface area contributed by atoms with E-state index in [1.807, 2.05) is 79.2 Å². The van der Waals surface area contributed by atoms with Crippen molar-refractivity contribution in [1.29, 1.82) is 0 Å². The summed E-state index contributed by atoms with van der Waals surface area (Å²) in [7, 11) is 3.07. The highest BCUT2D eigenvalue weighted by atomic mass is 32.2. The van der Waals surface area contributed by atoms with Crippen LogP contribution in [0.1, 0.15) is 75.6 Å². The van der Waals surface area contributed by atoms with E-state index < -0.39 is 17.8 Å². The standard InChI is InChI=1S/C53H49N5O11S/c1-31(14-16-66-17-15-51(61)69-58-49(59)12-13-50(58)60)70-38-19-32(29-67-47-25-41-39(23-45(47)64-2)52(62)56-36(27-54-41)21-34-8-4-6-10-43(34)56)18-33(20-38)30-68-48-26-42-40(24-46(48)65-3)53(63)57-37(28-55-42)22-35-9-5-7-11-44(35)57/h4-11,18-20,23-28,31,36-37H,12-17,21-22,29-30H2,1-3H3/t31?,36-,37?/m0/s1. The molecule has 5 aliphatic rings.